The first kappa shape index (κ1) is 16.2. The number of hydrogen-bond acceptors (Lipinski definition) is 5. The van der Waals surface area contributed by atoms with E-state index in [4.69, 9.17) is 15.6 Å². The zero-order chi connectivity index (χ0) is 15.0. The molecule has 4 N–H and O–H groups in total. The molecule has 1 aromatic rings. The van der Waals surface area contributed by atoms with Crippen molar-refractivity contribution in [2.75, 3.05) is 25.1 Å². The second kappa shape index (κ2) is 8.31. The number of carboxylic acids is 1. The number of hydrogen-bond donors (Lipinski definition) is 3. The van der Waals surface area contributed by atoms with Crippen LogP contribution in [0.2, 0.25) is 0 Å². The molecule has 6 nitrogen and oxygen atoms in total. The molecule has 0 unspecified atom stereocenters. The molecule has 0 aliphatic carbocycles. The fourth-order valence-corrected chi connectivity index (χ4v) is 2.30. The molecule has 110 valence electrons. The van der Waals surface area contributed by atoms with Crippen LogP contribution in [-0.4, -0.2) is 36.4 Å². The maximum Gasteiger partial charge on any atom is 0.303 e. The van der Waals surface area contributed by atoms with Gasteiger partial charge < -0.3 is 20.9 Å². The van der Waals surface area contributed by atoms with Gasteiger partial charge in [0.05, 0.1) is 12.9 Å². The summed E-state index contributed by atoms with van der Waals surface area (Å²) in [5, 5.41) is 11.1. The molecule has 7 heteroatoms. The highest BCUT2D eigenvalue weighted by Gasteiger charge is 2.07. The van der Waals surface area contributed by atoms with E-state index in [-0.39, 0.29) is 18.1 Å². The minimum absolute atomic E-state index is 0.0548. The lowest BCUT2D eigenvalue weighted by atomic mass is 10.3. The number of methoxy groups -OCH3 is 1. The topological polar surface area (TPSA) is 102 Å². The van der Waals surface area contributed by atoms with Crippen molar-refractivity contribution in [3.63, 3.8) is 0 Å². The highest BCUT2D eigenvalue weighted by Crippen LogP contribution is 2.30. The van der Waals surface area contributed by atoms with Gasteiger partial charge in [-0.3, -0.25) is 9.59 Å². The maximum absolute atomic E-state index is 11.6. The van der Waals surface area contributed by atoms with Crippen molar-refractivity contribution in [2.45, 2.75) is 17.7 Å². The lowest BCUT2D eigenvalue weighted by molar-refractivity contribution is -0.137. The summed E-state index contributed by atoms with van der Waals surface area (Å²) < 4.78 is 5.19. The molecule has 1 aromatic carbocycles. The minimum atomic E-state index is -0.861. The Bertz CT molecular complexity index is 479. The van der Waals surface area contributed by atoms with E-state index in [0.717, 1.165) is 4.90 Å². The van der Waals surface area contributed by atoms with Gasteiger partial charge in [0.2, 0.25) is 5.91 Å². The van der Waals surface area contributed by atoms with Crippen molar-refractivity contribution in [3.05, 3.63) is 18.2 Å². The third-order valence-corrected chi connectivity index (χ3v) is 3.49. The predicted molar refractivity (Wildman–Crippen MR) is 78.0 cm³/mol. The zero-order valence-corrected chi connectivity index (χ0v) is 12.0. The monoisotopic (exact) mass is 298 g/mol. The van der Waals surface area contributed by atoms with Gasteiger partial charge in [0.25, 0.3) is 0 Å². The first-order chi connectivity index (χ1) is 9.52. The molecular weight excluding hydrogens is 280 g/mol. The minimum Gasteiger partial charge on any atom is -0.496 e. The third kappa shape index (κ3) is 5.83. The number of carboxylic acid groups (broad SMARTS) is 1. The van der Waals surface area contributed by atoms with Gasteiger partial charge >= 0.3 is 5.97 Å². The molecule has 0 aliphatic rings. The number of ether oxygens (including phenoxy) is 1. The van der Waals surface area contributed by atoms with Gasteiger partial charge in [-0.1, -0.05) is 0 Å². The Hall–Kier alpha value is -1.89. The van der Waals surface area contributed by atoms with Crippen LogP contribution in [-0.2, 0) is 9.59 Å². The summed E-state index contributed by atoms with van der Waals surface area (Å²) in [4.78, 5) is 22.7. The lowest BCUT2D eigenvalue weighted by Crippen LogP contribution is -2.26. The number of nitrogen functional groups attached to an aromatic ring is 1. The van der Waals surface area contributed by atoms with Crippen molar-refractivity contribution >= 4 is 29.3 Å². The van der Waals surface area contributed by atoms with E-state index in [1.54, 1.807) is 25.3 Å². The Balaban J connectivity index is 2.35. The first-order valence-corrected chi connectivity index (χ1v) is 7.06. The van der Waals surface area contributed by atoms with Gasteiger partial charge in [-0.05, 0) is 18.6 Å². The first-order valence-electron chi connectivity index (χ1n) is 6.07. The van der Waals surface area contributed by atoms with Crippen LogP contribution in [0.5, 0.6) is 5.75 Å². The van der Waals surface area contributed by atoms with Gasteiger partial charge in [0, 0.05) is 29.6 Å². The van der Waals surface area contributed by atoms with Crippen LogP contribution in [0.1, 0.15) is 12.8 Å². The van der Waals surface area contributed by atoms with E-state index in [1.165, 1.54) is 11.8 Å². The zero-order valence-electron chi connectivity index (χ0n) is 11.2. The Morgan fingerprint density at radius 2 is 2.20 bits per heavy atom. The van der Waals surface area contributed by atoms with Crippen molar-refractivity contribution in [2.24, 2.45) is 0 Å². The van der Waals surface area contributed by atoms with Crippen LogP contribution in [0.4, 0.5) is 5.69 Å². The van der Waals surface area contributed by atoms with Crippen LogP contribution < -0.4 is 15.8 Å². The molecule has 0 saturated heterocycles. The number of carbonyl (C=O) groups excluding carboxylic acids is 1. The molecule has 1 amide bonds. The summed E-state index contributed by atoms with van der Waals surface area (Å²) in [7, 11) is 1.55. The summed E-state index contributed by atoms with van der Waals surface area (Å²) in [6.45, 7) is 0.366. The second-order valence-electron chi connectivity index (χ2n) is 4.05. The summed E-state index contributed by atoms with van der Waals surface area (Å²) in [5.41, 5.74) is 6.25. The fourth-order valence-electron chi connectivity index (χ4n) is 1.47. The average Bonchev–Trinajstić information content (AvgIpc) is 2.41. The van der Waals surface area contributed by atoms with Gasteiger partial charge in [0.15, 0.2) is 0 Å². The highest BCUT2D eigenvalue weighted by molar-refractivity contribution is 8.00. The SMILES string of the molecule is COc1cc(N)ccc1SCC(=O)NCCCC(=O)O. The summed E-state index contributed by atoms with van der Waals surface area (Å²) in [5.74, 6) is -0.124. The van der Waals surface area contributed by atoms with E-state index in [1.807, 2.05) is 0 Å². The Labute approximate surface area is 121 Å². The summed E-state index contributed by atoms with van der Waals surface area (Å²) in [6, 6.07) is 5.25. The van der Waals surface area contributed by atoms with E-state index >= 15 is 0 Å². The van der Waals surface area contributed by atoms with Crippen molar-refractivity contribution in [1.29, 1.82) is 0 Å². The number of anilines is 1. The van der Waals surface area contributed by atoms with Crippen molar-refractivity contribution in [3.8, 4) is 5.75 Å². The predicted octanol–water partition coefficient (Wildman–Crippen LogP) is 1.35. The summed E-state index contributed by atoms with van der Waals surface area (Å²) >= 11 is 1.34. The standard InChI is InChI=1S/C13H18N2O4S/c1-19-10-7-9(14)4-5-11(10)20-8-12(16)15-6-2-3-13(17)18/h4-5,7H,2-3,6,8,14H2,1H3,(H,15,16)(H,17,18). The molecule has 0 bridgehead atoms. The van der Waals surface area contributed by atoms with Gasteiger partial charge in [-0.2, -0.15) is 0 Å². The van der Waals surface area contributed by atoms with Gasteiger partial charge in [-0.25, -0.2) is 0 Å². The smallest absolute Gasteiger partial charge is 0.303 e. The summed E-state index contributed by atoms with van der Waals surface area (Å²) in [6.07, 6.45) is 0.482. The number of nitrogens with two attached hydrogens (primary N) is 1. The molecule has 0 aromatic heterocycles. The number of rotatable bonds is 8. The van der Waals surface area contributed by atoms with Crippen molar-refractivity contribution < 1.29 is 19.4 Å². The van der Waals surface area contributed by atoms with Crippen LogP contribution in [0.3, 0.4) is 0 Å². The third-order valence-electron chi connectivity index (χ3n) is 2.44. The second-order valence-corrected chi connectivity index (χ2v) is 5.06. The van der Waals surface area contributed by atoms with Crippen LogP contribution in [0.25, 0.3) is 0 Å². The normalized spacial score (nSPS) is 10.1. The Morgan fingerprint density at radius 1 is 1.45 bits per heavy atom. The quantitative estimate of drug-likeness (QED) is 0.380. The lowest BCUT2D eigenvalue weighted by Gasteiger charge is -2.09. The molecule has 0 radical (unpaired) electrons. The Kier molecular flexibility index (Phi) is 6.72. The highest BCUT2D eigenvalue weighted by atomic mass is 32.2. The Morgan fingerprint density at radius 3 is 2.85 bits per heavy atom. The van der Waals surface area contributed by atoms with E-state index in [0.29, 0.717) is 24.4 Å². The maximum atomic E-state index is 11.6. The molecule has 0 saturated carbocycles. The van der Waals surface area contributed by atoms with Crippen molar-refractivity contribution in [1.82, 2.24) is 5.32 Å². The van der Waals surface area contributed by atoms with E-state index in [2.05, 4.69) is 5.32 Å². The van der Waals surface area contributed by atoms with Gasteiger partial charge in [0.1, 0.15) is 5.75 Å². The van der Waals surface area contributed by atoms with Gasteiger partial charge in [-0.15, -0.1) is 11.8 Å². The van der Waals surface area contributed by atoms with E-state index in [9.17, 15) is 9.59 Å². The molecule has 0 heterocycles. The molecule has 0 fully saturated rings. The number of aliphatic carboxylic acids is 1. The number of amides is 1. The molecule has 1 rings (SSSR count). The average molecular weight is 298 g/mol. The van der Waals surface area contributed by atoms with Crippen LogP contribution in [0.15, 0.2) is 23.1 Å². The molecule has 0 atom stereocenters. The largest absolute Gasteiger partial charge is 0.496 e. The molecule has 0 spiro atoms. The number of benzene rings is 1. The molecular formula is C13H18N2O4S. The number of nitrogens with one attached hydrogen (secondary N) is 1. The molecule has 0 aliphatic heterocycles. The van der Waals surface area contributed by atoms with Crippen LogP contribution >= 0.6 is 11.8 Å². The number of thioether (sulfide) groups is 1. The number of carbonyl (C=O) groups is 2. The van der Waals surface area contributed by atoms with E-state index < -0.39 is 5.97 Å². The molecule has 20 heavy (non-hydrogen) atoms. The van der Waals surface area contributed by atoms with Crippen LogP contribution in [0, 0.1) is 0 Å². The fraction of sp³-hybridized carbons (Fsp3) is 0.385.